The molecule has 1 aromatic carbocycles. The summed E-state index contributed by atoms with van der Waals surface area (Å²) >= 11 is 0. The average molecular weight is 349 g/mol. The molecule has 1 saturated heterocycles. The number of nitrogens with zero attached hydrogens (tertiary/aromatic N) is 3. The summed E-state index contributed by atoms with van der Waals surface area (Å²) in [5, 5.41) is 0. The van der Waals surface area contributed by atoms with Crippen molar-refractivity contribution in [1.82, 2.24) is 14.7 Å². The van der Waals surface area contributed by atoms with E-state index >= 15 is 0 Å². The molecule has 0 unspecified atom stereocenters. The first-order chi connectivity index (χ1) is 12.0. The first-order valence-electron chi connectivity index (χ1n) is 9.43. The second-order valence-electron chi connectivity index (χ2n) is 6.96. The Hall–Kier alpha value is -1.46. The fourth-order valence-corrected chi connectivity index (χ4v) is 3.67. The van der Waals surface area contributed by atoms with Gasteiger partial charge in [0.15, 0.2) is 0 Å². The second-order valence-corrected chi connectivity index (χ2v) is 6.96. The van der Waals surface area contributed by atoms with Gasteiger partial charge in [0.05, 0.1) is 12.6 Å². The van der Waals surface area contributed by atoms with E-state index in [-0.39, 0.29) is 17.8 Å². The molecule has 1 heterocycles. The van der Waals surface area contributed by atoms with Crippen LogP contribution in [0.2, 0.25) is 0 Å². The van der Waals surface area contributed by atoms with E-state index in [1.807, 2.05) is 14.0 Å². The molecule has 140 valence electrons. The van der Waals surface area contributed by atoms with Crippen molar-refractivity contribution >= 4 is 5.91 Å². The Morgan fingerprint density at radius 2 is 1.76 bits per heavy atom. The Bertz CT molecular complexity index is 536. The molecule has 2 rings (SSSR count). The fourth-order valence-electron chi connectivity index (χ4n) is 3.67. The fraction of sp³-hybridized carbons (Fsp3) is 0.650. The zero-order chi connectivity index (χ0) is 18.4. The Morgan fingerprint density at radius 3 is 2.28 bits per heavy atom. The molecular formula is C20H32FN3O. The van der Waals surface area contributed by atoms with Crippen molar-refractivity contribution in [2.75, 3.05) is 39.8 Å². The topological polar surface area (TPSA) is 26.8 Å². The van der Waals surface area contributed by atoms with Crippen LogP contribution in [0.1, 0.15) is 45.2 Å². The van der Waals surface area contributed by atoms with Gasteiger partial charge in [-0.25, -0.2) is 4.39 Å². The van der Waals surface area contributed by atoms with Crippen molar-refractivity contribution in [1.29, 1.82) is 0 Å². The minimum Gasteiger partial charge on any atom is -0.338 e. The van der Waals surface area contributed by atoms with Gasteiger partial charge in [0, 0.05) is 26.2 Å². The highest BCUT2D eigenvalue weighted by molar-refractivity contribution is 5.78. The molecule has 25 heavy (non-hydrogen) atoms. The van der Waals surface area contributed by atoms with Crippen molar-refractivity contribution in [2.24, 2.45) is 0 Å². The van der Waals surface area contributed by atoms with Crippen molar-refractivity contribution in [2.45, 2.75) is 45.7 Å². The molecule has 0 N–H and O–H groups in total. The Kier molecular flexibility index (Phi) is 7.38. The van der Waals surface area contributed by atoms with E-state index < -0.39 is 0 Å². The lowest BCUT2D eigenvalue weighted by Gasteiger charge is -2.38. The van der Waals surface area contributed by atoms with E-state index in [9.17, 15) is 9.18 Å². The van der Waals surface area contributed by atoms with Gasteiger partial charge in [0.1, 0.15) is 5.82 Å². The number of hydrogen-bond donors (Lipinski definition) is 0. The number of piperidine rings is 1. The molecule has 1 aromatic rings. The van der Waals surface area contributed by atoms with Crippen molar-refractivity contribution < 1.29 is 9.18 Å². The van der Waals surface area contributed by atoms with Crippen molar-refractivity contribution in [3.8, 4) is 0 Å². The number of halogens is 1. The van der Waals surface area contributed by atoms with Gasteiger partial charge in [0.2, 0.25) is 5.91 Å². The van der Waals surface area contributed by atoms with Crippen LogP contribution in [0.25, 0.3) is 0 Å². The van der Waals surface area contributed by atoms with Crippen LogP contribution in [0.4, 0.5) is 4.39 Å². The van der Waals surface area contributed by atoms with Crippen LogP contribution in [0.3, 0.4) is 0 Å². The molecule has 0 aromatic heterocycles. The number of likely N-dealkylation sites (tertiary alicyclic amines) is 1. The third-order valence-electron chi connectivity index (χ3n) is 5.57. The highest BCUT2D eigenvalue weighted by Crippen LogP contribution is 2.20. The van der Waals surface area contributed by atoms with E-state index in [2.05, 4.69) is 23.6 Å². The highest BCUT2D eigenvalue weighted by atomic mass is 19.1. The first-order valence-corrected chi connectivity index (χ1v) is 9.43. The molecule has 0 spiro atoms. The minimum atomic E-state index is -0.249. The van der Waals surface area contributed by atoms with Gasteiger partial charge in [-0.2, -0.15) is 0 Å². The van der Waals surface area contributed by atoms with Gasteiger partial charge in [0.25, 0.3) is 0 Å². The monoisotopic (exact) mass is 349 g/mol. The minimum absolute atomic E-state index is 0.0543. The number of carbonyl (C=O) groups excluding carboxylic acids is 1. The van der Waals surface area contributed by atoms with Gasteiger partial charge in [-0.3, -0.25) is 9.69 Å². The third-order valence-corrected chi connectivity index (χ3v) is 5.57. The molecule has 0 radical (unpaired) electrons. The van der Waals surface area contributed by atoms with Crippen LogP contribution in [0.15, 0.2) is 24.3 Å². The zero-order valence-corrected chi connectivity index (χ0v) is 16.0. The molecule has 1 amide bonds. The normalized spacial score (nSPS) is 17.7. The number of rotatable bonds is 7. The van der Waals surface area contributed by atoms with E-state index in [0.717, 1.165) is 44.6 Å². The van der Waals surface area contributed by atoms with Gasteiger partial charge < -0.3 is 9.80 Å². The van der Waals surface area contributed by atoms with Crippen LogP contribution in [-0.4, -0.2) is 66.4 Å². The van der Waals surface area contributed by atoms with Crippen LogP contribution in [0, 0.1) is 5.82 Å². The van der Waals surface area contributed by atoms with Crippen LogP contribution in [-0.2, 0) is 4.79 Å². The van der Waals surface area contributed by atoms with E-state index in [1.165, 1.54) is 12.1 Å². The maximum Gasteiger partial charge on any atom is 0.236 e. The zero-order valence-electron chi connectivity index (χ0n) is 16.0. The van der Waals surface area contributed by atoms with Crippen LogP contribution in [0.5, 0.6) is 0 Å². The largest absolute Gasteiger partial charge is 0.338 e. The predicted molar refractivity (Wildman–Crippen MR) is 100.0 cm³/mol. The Labute approximate surface area is 151 Å². The van der Waals surface area contributed by atoms with E-state index in [0.29, 0.717) is 12.6 Å². The lowest BCUT2D eigenvalue weighted by atomic mass is 10.0. The first kappa shape index (κ1) is 19.9. The lowest BCUT2D eigenvalue weighted by Crippen LogP contribution is -2.47. The number of likely N-dealkylation sites (N-methyl/N-ethyl adjacent to an activating group) is 1. The highest BCUT2D eigenvalue weighted by Gasteiger charge is 2.26. The third kappa shape index (κ3) is 5.25. The summed E-state index contributed by atoms with van der Waals surface area (Å²) in [7, 11) is 1.83. The summed E-state index contributed by atoms with van der Waals surface area (Å²) in [5.41, 5.74) is 0.956. The van der Waals surface area contributed by atoms with Gasteiger partial charge in [-0.15, -0.1) is 0 Å². The summed E-state index contributed by atoms with van der Waals surface area (Å²) in [4.78, 5) is 19.2. The Morgan fingerprint density at radius 1 is 1.20 bits per heavy atom. The number of benzene rings is 1. The quantitative estimate of drug-likeness (QED) is 0.757. The summed E-state index contributed by atoms with van der Waals surface area (Å²) in [6, 6.07) is 6.99. The molecule has 1 fully saturated rings. The predicted octanol–water partition coefficient (Wildman–Crippen LogP) is 3.15. The number of amides is 1. The van der Waals surface area contributed by atoms with Crippen molar-refractivity contribution in [3.05, 3.63) is 35.6 Å². The molecular weight excluding hydrogens is 317 g/mol. The van der Waals surface area contributed by atoms with Crippen LogP contribution < -0.4 is 0 Å². The van der Waals surface area contributed by atoms with E-state index in [1.54, 1.807) is 17.0 Å². The van der Waals surface area contributed by atoms with Gasteiger partial charge in [-0.05, 0) is 50.6 Å². The summed E-state index contributed by atoms with van der Waals surface area (Å²) in [6.45, 7) is 11.0. The number of carbonyl (C=O) groups is 1. The smallest absolute Gasteiger partial charge is 0.236 e. The molecule has 0 saturated carbocycles. The molecule has 5 heteroatoms. The maximum absolute atomic E-state index is 13.1. The molecule has 0 bridgehead atoms. The molecule has 4 nitrogen and oxygen atoms in total. The van der Waals surface area contributed by atoms with Gasteiger partial charge in [-0.1, -0.05) is 26.0 Å². The van der Waals surface area contributed by atoms with E-state index in [4.69, 9.17) is 0 Å². The number of hydrogen-bond acceptors (Lipinski definition) is 3. The van der Waals surface area contributed by atoms with Crippen molar-refractivity contribution in [3.63, 3.8) is 0 Å². The summed E-state index contributed by atoms with van der Waals surface area (Å²) in [6.07, 6.45) is 2.26. The SMILES string of the molecule is CCN(CC)C1CCN(CC(=O)N(C)[C@H](C)c2ccc(F)cc2)CC1. The van der Waals surface area contributed by atoms with Gasteiger partial charge >= 0.3 is 0 Å². The standard InChI is InChI=1S/C20H32FN3O/c1-5-24(6-2)19-11-13-23(14-12-19)15-20(25)22(4)16(3)17-7-9-18(21)10-8-17/h7-10,16,19H,5-6,11-15H2,1-4H3/t16-/m1/s1. The molecule has 1 aliphatic heterocycles. The van der Waals surface area contributed by atoms with Crippen LogP contribution >= 0.6 is 0 Å². The molecule has 1 aliphatic rings. The maximum atomic E-state index is 13.1. The summed E-state index contributed by atoms with van der Waals surface area (Å²) < 4.78 is 13.1. The molecule has 0 aliphatic carbocycles. The lowest BCUT2D eigenvalue weighted by molar-refractivity contribution is -0.133. The molecule has 1 atom stereocenters. The average Bonchev–Trinajstić information content (AvgIpc) is 2.63. The second kappa shape index (κ2) is 9.30. The Balaban J connectivity index is 1.84. The summed E-state index contributed by atoms with van der Waals surface area (Å²) in [5.74, 6) is -0.126.